The van der Waals surface area contributed by atoms with Crippen molar-refractivity contribution in [2.45, 2.75) is 0 Å². The first-order chi connectivity index (χ1) is 10.6. The topological polar surface area (TPSA) is 87.0 Å². The fourth-order valence-corrected chi connectivity index (χ4v) is 1.92. The maximum absolute atomic E-state index is 11.2. The Labute approximate surface area is 126 Å². The molecule has 0 fully saturated rings. The highest BCUT2D eigenvalue weighted by atomic mass is 16.4. The lowest BCUT2D eigenvalue weighted by molar-refractivity contribution is -0.108. The van der Waals surface area contributed by atoms with Crippen molar-refractivity contribution in [1.82, 2.24) is 0 Å². The van der Waals surface area contributed by atoms with E-state index >= 15 is 0 Å². The molecule has 0 aliphatic heterocycles. The van der Waals surface area contributed by atoms with E-state index in [0.717, 1.165) is 5.56 Å². The van der Waals surface area contributed by atoms with E-state index in [2.05, 4.69) is 5.16 Å². The molecule has 110 valence electrons. The molecule has 1 aliphatic rings. The first-order valence-electron chi connectivity index (χ1n) is 6.45. The van der Waals surface area contributed by atoms with Crippen LogP contribution in [0.15, 0.2) is 65.8 Å². The van der Waals surface area contributed by atoms with Gasteiger partial charge in [0.05, 0.1) is 5.56 Å². The van der Waals surface area contributed by atoms with Crippen LogP contribution in [0.3, 0.4) is 0 Å². The lowest BCUT2D eigenvalue weighted by atomic mass is 9.95. The number of aromatic carboxylic acids is 1. The number of oxime groups is 1. The minimum absolute atomic E-state index is 0.109. The number of nitrogens with zero attached hydrogens (tertiary/aromatic N) is 1. The number of allylic oxidation sites excluding steroid dienone is 1. The van der Waals surface area contributed by atoms with Gasteiger partial charge in [-0.1, -0.05) is 53.7 Å². The van der Waals surface area contributed by atoms with E-state index in [0.29, 0.717) is 11.1 Å². The second-order valence-electron chi connectivity index (χ2n) is 4.40. The van der Waals surface area contributed by atoms with Gasteiger partial charge in [0.1, 0.15) is 0 Å². The number of carbonyl (C=O) groups excluding carboxylic acids is 1. The smallest absolute Gasteiger partial charge is 0.335 e. The summed E-state index contributed by atoms with van der Waals surface area (Å²) in [7, 11) is 0. The maximum atomic E-state index is 11.2. The minimum atomic E-state index is -0.879. The van der Waals surface area contributed by atoms with Crippen molar-refractivity contribution >= 4 is 23.5 Å². The molecule has 0 spiro atoms. The second-order valence-corrected chi connectivity index (χ2v) is 4.40. The van der Waals surface area contributed by atoms with Crippen LogP contribution < -0.4 is 0 Å². The summed E-state index contributed by atoms with van der Waals surface area (Å²) in [6, 6.07) is 15.6. The molecule has 0 amide bonds. The normalized spacial score (nSPS) is 14.0. The van der Waals surface area contributed by atoms with E-state index in [1.54, 1.807) is 48.5 Å². The molecule has 5 nitrogen and oxygen atoms in total. The van der Waals surface area contributed by atoms with Crippen molar-refractivity contribution in [2.24, 2.45) is 5.16 Å². The van der Waals surface area contributed by atoms with Crippen molar-refractivity contribution in [3.8, 4) is 0 Å². The van der Waals surface area contributed by atoms with Gasteiger partial charge in [-0.3, -0.25) is 4.79 Å². The zero-order valence-corrected chi connectivity index (χ0v) is 11.5. The van der Waals surface area contributed by atoms with Crippen LogP contribution in [0.4, 0.5) is 0 Å². The Balaban J connectivity index is 0.000000172. The molecule has 0 aromatic heterocycles. The maximum Gasteiger partial charge on any atom is 0.335 e. The SMILES string of the molecule is O=C(O)c1ccccc1.O=C1C=Cc2ccccc2C1=NO. The fraction of sp³-hybridized carbons (Fsp3) is 0. The minimum Gasteiger partial charge on any atom is -0.478 e. The van der Waals surface area contributed by atoms with Crippen molar-refractivity contribution < 1.29 is 19.9 Å². The van der Waals surface area contributed by atoms with Gasteiger partial charge in [-0.05, 0) is 23.8 Å². The third-order valence-corrected chi connectivity index (χ3v) is 2.98. The van der Waals surface area contributed by atoms with Crippen LogP contribution in [-0.2, 0) is 4.79 Å². The Kier molecular flexibility index (Phi) is 4.82. The monoisotopic (exact) mass is 295 g/mol. The Morgan fingerprint density at radius 3 is 2.14 bits per heavy atom. The van der Waals surface area contributed by atoms with Gasteiger partial charge in [0, 0.05) is 5.56 Å². The van der Waals surface area contributed by atoms with Gasteiger partial charge in [0.25, 0.3) is 0 Å². The van der Waals surface area contributed by atoms with Crippen LogP contribution in [-0.4, -0.2) is 27.8 Å². The average Bonchev–Trinajstić information content (AvgIpc) is 2.56. The molecule has 2 aromatic carbocycles. The summed E-state index contributed by atoms with van der Waals surface area (Å²) < 4.78 is 0. The number of carboxylic acid groups (broad SMARTS) is 1. The summed E-state index contributed by atoms with van der Waals surface area (Å²) in [6.07, 6.45) is 3.11. The molecular weight excluding hydrogens is 282 g/mol. The predicted molar refractivity (Wildman–Crippen MR) is 82.2 cm³/mol. The van der Waals surface area contributed by atoms with Crippen molar-refractivity contribution in [2.75, 3.05) is 0 Å². The average molecular weight is 295 g/mol. The molecule has 3 rings (SSSR count). The predicted octanol–water partition coefficient (Wildman–Crippen LogP) is 2.85. The van der Waals surface area contributed by atoms with Crippen molar-refractivity contribution in [3.63, 3.8) is 0 Å². The summed E-state index contributed by atoms with van der Waals surface area (Å²) in [5.74, 6) is -1.14. The number of carboxylic acids is 1. The molecule has 2 aromatic rings. The number of hydrogen-bond acceptors (Lipinski definition) is 4. The van der Waals surface area contributed by atoms with E-state index in [4.69, 9.17) is 10.3 Å². The van der Waals surface area contributed by atoms with Gasteiger partial charge < -0.3 is 10.3 Å². The first kappa shape index (κ1) is 15.2. The van der Waals surface area contributed by atoms with Crippen LogP contribution in [0.1, 0.15) is 21.5 Å². The van der Waals surface area contributed by atoms with Crippen LogP contribution >= 0.6 is 0 Å². The zero-order chi connectivity index (χ0) is 15.9. The summed E-state index contributed by atoms with van der Waals surface area (Å²) in [6.45, 7) is 0. The number of hydrogen-bond donors (Lipinski definition) is 2. The van der Waals surface area contributed by atoms with E-state index in [1.807, 2.05) is 12.1 Å². The van der Waals surface area contributed by atoms with Crippen LogP contribution in [0, 0.1) is 0 Å². The van der Waals surface area contributed by atoms with E-state index in [-0.39, 0.29) is 11.5 Å². The molecular formula is C17H13NO4. The highest BCUT2D eigenvalue weighted by molar-refractivity contribution is 6.52. The molecule has 5 heteroatoms. The molecule has 2 N–H and O–H groups in total. The van der Waals surface area contributed by atoms with Crippen LogP contribution in [0.5, 0.6) is 0 Å². The number of carbonyl (C=O) groups is 2. The number of benzene rings is 2. The lowest BCUT2D eigenvalue weighted by Crippen LogP contribution is -2.17. The van der Waals surface area contributed by atoms with Gasteiger partial charge in [0.2, 0.25) is 5.78 Å². The van der Waals surface area contributed by atoms with E-state index in [1.165, 1.54) is 6.08 Å². The molecule has 22 heavy (non-hydrogen) atoms. The van der Waals surface area contributed by atoms with Crippen molar-refractivity contribution in [1.29, 1.82) is 0 Å². The van der Waals surface area contributed by atoms with Crippen LogP contribution in [0.2, 0.25) is 0 Å². The largest absolute Gasteiger partial charge is 0.478 e. The van der Waals surface area contributed by atoms with Gasteiger partial charge >= 0.3 is 5.97 Å². The quantitative estimate of drug-likeness (QED) is 0.625. The number of rotatable bonds is 1. The molecule has 0 radical (unpaired) electrons. The number of ketones is 1. The molecule has 0 atom stereocenters. The summed E-state index contributed by atoms with van der Waals surface area (Å²) in [4.78, 5) is 21.4. The molecule has 0 heterocycles. The lowest BCUT2D eigenvalue weighted by Gasteiger charge is -2.09. The van der Waals surface area contributed by atoms with E-state index in [9.17, 15) is 9.59 Å². The highest BCUT2D eigenvalue weighted by Gasteiger charge is 2.18. The molecule has 0 saturated carbocycles. The Hall–Kier alpha value is -3.21. The fourth-order valence-electron chi connectivity index (χ4n) is 1.92. The zero-order valence-electron chi connectivity index (χ0n) is 11.5. The standard InChI is InChI=1S/C10H7NO2.C7H6O2/c12-9-6-5-7-3-1-2-4-8(7)10(9)11-13;8-7(9)6-4-2-1-3-5-6/h1-6,13H;1-5H,(H,8,9). The summed E-state index contributed by atoms with van der Waals surface area (Å²) in [5.41, 5.74) is 2.02. The number of fused-ring (bicyclic) bond motifs is 1. The second kappa shape index (κ2) is 6.99. The summed E-state index contributed by atoms with van der Waals surface area (Å²) >= 11 is 0. The third kappa shape index (κ3) is 3.46. The molecule has 1 aliphatic carbocycles. The van der Waals surface area contributed by atoms with Gasteiger partial charge in [0.15, 0.2) is 5.71 Å². The van der Waals surface area contributed by atoms with Gasteiger partial charge in [-0.15, -0.1) is 0 Å². The van der Waals surface area contributed by atoms with Crippen molar-refractivity contribution in [3.05, 3.63) is 77.4 Å². The Morgan fingerprint density at radius 2 is 1.55 bits per heavy atom. The Bertz CT molecular complexity index is 748. The van der Waals surface area contributed by atoms with Crippen LogP contribution in [0.25, 0.3) is 6.08 Å². The molecule has 0 saturated heterocycles. The van der Waals surface area contributed by atoms with Gasteiger partial charge in [-0.2, -0.15) is 0 Å². The van der Waals surface area contributed by atoms with E-state index < -0.39 is 5.97 Å². The summed E-state index contributed by atoms with van der Waals surface area (Å²) in [5, 5.41) is 20.0. The molecule has 0 bridgehead atoms. The third-order valence-electron chi connectivity index (χ3n) is 2.98. The Morgan fingerprint density at radius 1 is 0.909 bits per heavy atom. The molecule has 0 unspecified atom stereocenters. The first-order valence-corrected chi connectivity index (χ1v) is 6.45. The highest BCUT2D eigenvalue weighted by Crippen LogP contribution is 2.17. The van der Waals surface area contributed by atoms with Gasteiger partial charge in [-0.25, -0.2) is 4.79 Å².